The van der Waals surface area contributed by atoms with Crippen molar-refractivity contribution in [2.45, 2.75) is 45.4 Å². The second-order valence-corrected chi connectivity index (χ2v) is 2.49. The fourth-order valence-corrected chi connectivity index (χ4v) is 0.892. The first-order valence-electron chi connectivity index (χ1n) is 4.02. The van der Waals surface area contributed by atoms with Crippen molar-refractivity contribution in [3.63, 3.8) is 0 Å². The molecule has 1 radical (unpaired) electrons. The third-order valence-corrected chi connectivity index (χ3v) is 1.51. The zero-order valence-electron chi connectivity index (χ0n) is 7.34. The average molecular weight is 199 g/mol. The van der Waals surface area contributed by atoms with Crippen molar-refractivity contribution in [1.29, 1.82) is 0 Å². The molecule has 0 atom stereocenters. The van der Waals surface area contributed by atoms with Crippen LogP contribution in [0.1, 0.15) is 45.4 Å². The van der Waals surface area contributed by atoms with Crippen LogP contribution in [0.4, 0.5) is 0 Å². The molecule has 0 aromatic heterocycles. The largest absolute Gasteiger partial charge is 0.412 e. The van der Waals surface area contributed by atoms with Crippen LogP contribution < -0.4 is 0 Å². The van der Waals surface area contributed by atoms with Crippen LogP contribution in [0.2, 0.25) is 0 Å². The van der Waals surface area contributed by atoms with E-state index in [0.29, 0.717) is 6.61 Å². The van der Waals surface area contributed by atoms with Gasteiger partial charge in [0.25, 0.3) is 0 Å². The summed E-state index contributed by atoms with van der Waals surface area (Å²) in [5.41, 5.74) is 0. The quantitative estimate of drug-likeness (QED) is 0.648. The van der Waals surface area contributed by atoms with E-state index in [1.807, 2.05) is 0 Å². The molecule has 69 valence electrons. The first-order valence-corrected chi connectivity index (χ1v) is 4.02. The maximum absolute atomic E-state index is 8.42. The molecule has 0 fully saturated rings. The number of aliphatic hydroxyl groups excluding tert-OH is 1. The van der Waals surface area contributed by atoms with E-state index in [4.69, 9.17) is 5.11 Å². The van der Waals surface area contributed by atoms with E-state index in [2.05, 4.69) is 6.92 Å². The second-order valence-electron chi connectivity index (χ2n) is 2.49. The predicted octanol–water partition coefficient (Wildman–Crippen LogP) is 1.51. The summed E-state index contributed by atoms with van der Waals surface area (Å²) in [6, 6.07) is 0. The van der Waals surface area contributed by atoms with Crippen LogP contribution in [0.3, 0.4) is 0 Å². The van der Waals surface area contributed by atoms with Gasteiger partial charge in [-0.05, 0) is 6.42 Å². The molecule has 11 heavy (non-hydrogen) atoms. The van der Waals surface area contributed by atoms with E-state index in [1.54, 1.807) is 0 Å². The molecule has 3 heteroatoms. The van der Waals surface area contributed by atoms with Crippen molar-refractivity contribution < 1.29 is 29.1 Å². The Balaban J connectivity index is -0.000000320. The molecular formula is C8H20O2V. The van der Waals surface area contributed by atoms with Crippen LogP contribution in [0.15, 0.2) is 0 Å². The zero-order valence-corrected chi connectivity index (χ0v) is 8.74. The van der Waals surface area contributed by atoms with Crippen LogP contribution in [0.5, 0.6) is 0 Å². The fraction of sp³-hybridized carbons (Fsp3) is 1.00. The van der Waals surface area contributed by atoms with Gasteiger partial charge in [0.05, 0.1) is 0 Å². The van der Waals surface area contributed by atoms with Gasteiger partial charge in [0.1, 0.15) is 0 Å². The molecule has 0 aliphatic carbocycles. The van der Waals surface area contributed by atoms with Crippen LogP contribution in [-0.2, 0) is 18.6 Å². The minimum absolute atomic E-state index is 0. The first-order chi connectivity index (χ1) is 4.41. The third-order valence-electron chi connectivity index (χ3n) is 1.51. The van der Waals surface area contributed by atoms with Gasteiger partial charge in [0.15, 0.2) is 0 Å². The Labute approximate surface area is 81.6 Å². The van der Waals surface area contributed by atoms with Crippen LogP contribution in [0.25, 0.3) is 0 Å². The van der Waals surface area contributed by atoms with Crippen molar-refractivity contribution in [2.24, 2.45) is 0 Å². The predicted molar refractivity (Wildman–Crippen MR) is 44.1 cm³/mol. The summed E-state index contributed by atoms with van der Waals surface area (Å²) in [6.07, 6.45) is 7.50. The van der Waals surface area contributed by atoms with Crippen LogP contribution in [0, 0.1) is 0 Å². The van der Waals surface area contributed by atoms with Crippen molar-refractivity contribution in [3.8, 4) is 0 Å². The maximum atomic E-state index is 8.42. The standard InChI is InChI=1S/C8H18O.H2O.V/c1-2-3-4-5-6-7-8-9;;/h9H,2-8H2,1H3;1H2;. The molecule has 0 saturated carbocycles. The molecule has 0 aromatic carbocycles. The summed E-state index contributed by atoms with van der Waals surface area (Å²) in [5, 5.41) is 8.42. The number of hydrogen-bond donors (Lipinski definition) is 1. The van der Waals surface area contributed by atoms with E-state index in [-0.39, 0.29) is 24.0 Å². The van der Waals surface area contributed by atoms with E-state index in [0.717, 1.165) is 6.42 Å². The summed E-state index contributed by atoms with van der Waals surface area (Å²) in [7, 11) is 0. The second kappa shape index (κ2) is 16.8. The SMILES string of the molecule is CCCCCCCCO.O.[V]. The molecule has 0 aliphatic rings. The third kappa shape index (κ3) is 18.0. The first kappa shape index (κ1) is 17.6. The van der Waals surface area contributed by atoms with Crippen molar-refractivity contribution in [3.05, 3.63) is 0 Å². The monoisotopic (exact) mass is 199 g/mol. The van der Waals surface area contributed by atoms with Gasteiger partial charge in [-0.25, -0.2) is 0 Å². The van der Waals surface area contributed by atoms with Gasteiger partial charge in [-0.15, -0.1) is 0 Å². The number of aliphatic hydroxyl groups is 1. The Morgan fingerprint density at radius 1 is 0.909 bits per heavy atom. The minimum Gasteiger partial charge on any atom is -0.412 e. The molecule has 0 bridgehead atoms. The Bertz CT molecular complexity index is 45.4. The molecule has 0 unspecified atom stereocenters. The van der Waals surface area contributed by atoms with Crippen molar-refractivity contribution in [2.75, 3.05) is 6.61 Å². The normalized spacial score (nSPS) is 8.18. The van der Waals surface area contributed by atoms with Gasteiger partial charge in [-0.1, -0.05) is 39.0 Å². The summed E-state index contributed by atoms with van der Waals surface area (Å²) < 4.78 is 0. The van der Waals surface area contributed by atoms with Crippen LogP contribution in [-0.4, -0.2) is 17.2 Å². The molecule has 0 aliphatic heterocycles. The zero-order chi connectivity index (χ0) is 6.95. The molecule has 0 aromatic rings. The molecule has 0 rings (SSSR count). The summed E-state index contributed by atoms with van der Waals surface area (Å²) >= 11 is 0. The van der Waals surface area contributed by atoms with Gasteiger partial charge >= 0.3 is 0 Å². The topological polar surface area (TPSA) is 51.7 Å². The number of hydrogen-bond acceptors (Lipinski definition) is 1. The molecule has 2 nitrogen and oxygen atoms in total. The molecule has 3 N–H and O–H groups in total. The van der Waals surface area contributed by atoms with E-state index >= 15 is 0 Å². The molecule has 0 heterocycles. The van der Waals surface area contributed by atoms with Crippen molar-refractivity contribution >= 4 is 0 Å². The van der Waals surface area contributed by atoms with E-state index < -0.39 is 0 Å². The molecular weight excluding hydrogens is 179 g/mol. The molecule has 0 saturated heterocycles. The van der Waals surface area contributed by atoms with Gasteiger partial charge in [-0.3, -0.25) is 0 Å². The van der Waals surface area contributed by atoms with Crippen LogP contribution >= 0.6 is 0 Å². The Morgan fingerprint density at radius 2 is 1.36 bits per heavy atom. The Morgan fingerprint density at radius 3 is 1.82 bits per heavy atom. The minimum atomic E-state index is 0. The molecule has 0 amide bonds. The number of unbranched alkanes of at least 4 members (excludes halogenated alkanes) is 5. The number of rotatable bonds is 6. The van der Waals surface area contributed by atoms with Gasteiger partial charge < -0.3 is 10.6 Å². The maximum Gasteiger partial charge on any atom is 0.0431 e. The van der Waals surface area contributed by atoms with Gasteiger partial charge in [-0.2, -0.15) is 0 Å². The Hall–Kier alpha value is 0.504. The van der Waals surface area contributed by atoms with Gasteiger partial charge in [0, 0.05) is 25.2 Å². The van der Waals surface area contributed by atoms with E-state index in [9.17, 15) is 0 Å². The van der Waals surface area contributed by atoms with Gasteiger partial charge in [0.2, 0.25) is 0 Å². The fourth-order valence-electron chi connectivity index (χ4n) is 0.892. The average Bonchev–Trinajstić information content (AvgIpc) is 1.89. The molecule has 0 spiro atoms. The summed E-state index contributed by atoms with van der Waals surface area (Å²) in [6.45, 7) is 2.58. The van der Waals surface area contributed by atoms with E-state index in [1.165, 1.54) is 32.1 Å². The summed E-state index contributed by atoms with van der Waals surface area (Å²) in [4.78, 5) is 0. The smallest absolute Gasteiger partial charge is 0.0431 e. The Kier molecular flexibility index (Phi) is 26.9. The van der Waals surface area contributed by atoms with Crippen molar-refractivity contribution in [1.82, 2.24) is 0 Å². The summed E-state index contributed by atoms with van der Waals surface area (Å²) in [5.74, 6) is 0.